The van der Waals surface area contributed by atoms with Crippen LogP contribution in [0.4, 0.5) is 54.9 Å². The van der Waals surface area contributed by atoms with E-state index in [-0.39, 0.29) is 17.4 Å². The Bertz CT molecular complexity index is 1560. The van der Waals surface area contributed by atoms with Crippen molar-refractivity contribution in [2.24, 2.45) is 0 Å². The van der Waals surface area contributed by atoms with Crippen molar-refractivity contribution in [3.63, 3.8) is 0 Å². The van der Waals surface area contributed by atoms with E-state index in [1.165, 1.54) is 25.6 Å². The third-order valence-corrected chi connectivity index (χ3v) is 6.14. The summed E-state index contributed by atoms with van der Waals surface area (Å²) in [5.41, 5.74) is 1.38. The van der Waals surface area contributed by atoms with Crippen LogP contribution in [0.25, 0.3) is 11.5 Å². The summed E-state index contributed by atoms with van der Waals surface area (Å²) in [4.78, 5) is 19.2. The quantitative estimate of drug-likeness (QED) is 0.191. The molecule has 0 aliphatic carbocycles. The number of oxazole rings is 1. The molecule has 0 unspecified atom stereocenters. The molecule has 0 radical (unpaired) electrons. The van der Waals surface area contributed by atoms with E-state index in [2.05, 4.69) is 25.5 Å². The lowest BCUT2D eigenvalue weighted by Gasteiger charge is -2.29. The molecule has 0 spiro atoms. The number of carbonyl (C=O) groups is 1. The summed E-state index contributed by atoms with van der Waals surface area (Å²) in [6, 6.07) is 13.8. The predicted octanol–water partition coefficient (Wildman–Crippen LogP) is 6.72. The van der Waals surface area contributed by atoms with Crippen LogP contribution in [0.5, 0.6) is 5.75 Å². The van der Waals surface area contributed by atoms with E-state index in [0.717, 1.165) is 25.0 Å². The molecule has 1 aliphatic rings. The summed E-state index contributed by atoms with van der Waals surface area (Å²) >= 11 is 0. The normalized spacial score (nSPS) is 13.5. The van der Waals surface area contributed by atoms with Crippen LogP contribution in [0, 0.1) is 0 Å². The number of aliphatic carboxylic acids is 1. The molecule has 4 aromatic rings. The number of ether oxygens (including phenoxy) is 2. The van der Waals surface area contributed by atoms with E-state index in [1.54, 1.807) is 24.3 Å². The molecule has 0 saturated carbocycles. The van der Waals surface area contributed by atoms with Gasteiger partial charge in [-0.15, -0.1) is 0 Å². The van der Waals surface area contributed by atoms with Crippen LogP contribution >= 0.6 is 0 Å². The average molecular weight is 626 g/mol. The number of pyridine rings is 1. The molecule has 0 amide bonds. The van der Waals surface area contributed by atoms with Crippen LogP contribution in [-0.4, -0.2) is 60.6 Å². The molecule has 16 heteroatoms. The van der Waals surface area contributed by atoms with Gasteiger partial charge in [0, 0.05) is 37.1 Å². The predicted molar refractivity (Wildman–Crippen MR) is 147 cm³/mol. The lowest BCUT2D eigenvalue weighted by molar-refractivity contribution is -0.192. The van der Waals surface area contributed by atoms with Gasteiger partial charge < -0.3 is 34.5 Å². The van der Waals surface area contributed by atoms with E-state index in [0.29, 0.717) is 35.9 Å². The van der Waals surface area contributed by atoms with Crippen molar-refractivity contribution in [2.75, 3.05) is 48.9 Å². The maximum atomic E-state index is 13.9. The van der Waals surface area contributed by atoms with E-state index in [9.17, 15) is 26.3 Å². The fourth-order valence-electron chi connectivity index (χ4n) is 4.07. The number of rotatable bonds is 7. The van der Waals surface area contributed by atoms with Gasteiger partial charge in [-0.1, -0.05) is 12.1 Å². The van der Waals surface area contributed by atoms with Crippen LogP contribution in [0.3, 0.4) is 0 Å². The fraction of sp³-hybridized carbons (Fsp3) is 0.250. The molecule has 1 fully saturated rings. The van der Waals surface area contributed by atoms with Crippen LogP contribution in [0.1, 0.15) is 5.56 Å². The van der Waals surface area contributed by atoms with Crippen molar-refractivity contribution in [3.05, 3.63) is 72.8 Å². The number of morpholine rings is 1. The van der Waals surface area contributed by atoms with Gasteiger partial charge in [0.15, 0.2) is 0 Å². The van der Waals surface area contributed by atoms with E-state index in [1.807, 2.05) is 18.2 Å². The molecule has 2 aromatic heterocycles. The van der Waals surface area contributed by atoms with E-state index < -0.39 is 23.9 Å². The van der Waals surface area contributed by atoms with Crippen molar-refractivity contribution in [2.45, 2.75) is 12.4 Å². The first-order chi connectivity index (χ1) is 20.9. The molecule has 3 heterocycles. The minimum absolute atomic E-state index is 0.173. The minimum atomic E-state index is -5.08. The molecular formula is C28H25F6N5O5. The van der Waals surface area contributed by atoms with Gasteiger partial charge in [0.05, 0.1) is 54.7 Å². The molecule has 3 N–H and O–H groups in total. The lowest BCUT2D eigenvalue weighted by Crippen LogP contribution is -2.36. The van der Waals surface area contributed by atoms with Crippen molar-refractivity contribution in [1.82, 2.24) is 9.97 Å². The highest BCUT2D eigenvalue weighted by Crippen LogP contribution is 2.39. The van der Waals surface area contributed by atoms with Crippen molar-refractivity contribution < 1.29 is 50.1 Å². The number of nitrogens with one attached hydrogen (secondary N) is 2. The number of carboxylic acids is 1. The summed E-state index contributed by atoms with van der Waals surface area (Å²) in [5.74, 6) is -1.72. The third-order valence-electron chi connectivity index (χ3n) is 6.14. The van der Waals surface area contributed by atoms with Crippen LogP contribution in [0.15, 0.2) is 71.6 Å². The standard InChI is InChI=1S/C26H24F3N5O3.C2HF3O2/c1-35-23-14-17(34-9-12-36-13-10-34)6-7-21(23)33-24-15-22(19(16-31-24)26(27,28)29)32-20-5-3-2-4-18(20)25-30-8-11-37-25;3-2(4,5)1(6)7/h2-8,11,14-16H,9-10,12-13H2,1H3,(H2,31,32,33);(H,6,7). The van der Waals surface area contributed by atoms with Crippen molar-refractivity contribution >= 4 is 34.5 Å². The zero-order valence-corrected chi connectivity index (χ0v) is 22.9. The van der Waals surface area contributed by atoms with Crippen LogP contribution in [-0.2, 0) is 15.7 Å². The number of para-hydroxylation sites is 1. The molecule has 2 aromatic carbocycles. The van der Waals surface area contributed by atoms with Crippen molar-refractivity contribution in [3.8, 4) is 17.2 Å². The molecule has 0 bridgehead atoms. The lowest BCUT2D eigenvalue weighted by atomic mass is 10.1. The Morgan fingerprint density at radius 3 is 2.27 bits per heavy atom. The minimum Gasteiger partial charge on any atom is -0.494 e. The average Bonchev–Trinajstić information content (AvgIpc) is 3.52. The van der Waals surface area contributed by atoms with Crippen molar-refractivity contribution in [1.29, 1.82) is 0 Å². The number of halogens is 6. The number of alkyl halides is 6. The second kappa shape index (κ2) is 13.5. The van der Waals surface area contributed by atoms with Crippen LogP contribution < -0.4 is 20.3 Å². The molecular weight excluding hydrogens is 600 g/mol. The van der Waals surface area contributed by atoms with E-state index in [4.69, 9.17) is 23.8 Å². The first-order valence-electron chi connectivity index (χ1n) is 12.8. The van der Waals surface area contributed by atoms with Gasteiger partial charge in [0.1, 0.15) is 17.8 Å². The summed E-state index contributed by atoms with van der Waals surface area (Å²) in [7, 11) is 1.54. The molecule has 5 rings (SSSR count). The number of anilines is 5. The first-order valence-corrected chi connectivity index (χ1v) is 12.8. The summed E-state index contributed by atoms with van der Waals surface area (Å²) < 4.78 is 89.6. The Hall–Kier alpha value is -4.99. The van der Waals surface area contributed by atoms with Gasteiger partial charge in [-0.3, -0.25) is 0 Å². The smallest absolute Gasteiger partial charge is 0.490 e. The maximum absolute atomic E-state index is 13.9. The summed E-state index contributed by atoms with van der Waals surface area (Å²) in [6.45, 7) is 2.82. The van der Waals surface area contributed by atoms with Gasteiger partial charge in [-0.05, 0) is 24.3 Å². The number of methoxy groups -OCH3 is 1. The number of benzene rings is 2. The number of hydrogen-bond acceptors (Lipinski definition) is 9. The SMILES string of the molecule is COc1cc(N2CCOCC2)ccc1Nc1cc(Nc2ccccc2-c2ncco2)c(C(F)(F)F)cn1.O=C(O)C(F)(F)F. The number of carboxylic acid groups (broad SMARTS) is 1. The van der Waals surface area contributed by atoms with Gasteiger partial charge >= 0.3 is 18.3 Å². The van der Waals surface area contributed by atoms with Gasteiger partial charge in [0.25, 0.3) is 0 Å². The third kappa shape index (κ3) is 8.09. The second-order valence-electron chi connectivity index (χ2n) is 9.03. The molecule has 234 valence electrons. The molecule has 10 nitrogen and oxygen atoms in total. The van der Waals surface area contributed by atoms with E-state index >= 15 is 0 Å². The highest BCUT2D eigenvalue weighted by Gasteiger charge is 2.38. The monoisotopic (exact) mass is 625 g/mol. The molecule has 1 aliphatic heterocycles. The summed E-state index contributed by atoms with van der Waals surface area (Å²) in [5, 5.41) is 13.1. The second-order valence-corrected chi connectivity index (χ2v) is 9.03. The Morgan fingerprint density at radius 1 is 0.955 bits per heavy atom. The van der Waals surface area contributed by atoms with Gasteiger partial charge in [-0.25, -0.2) is 14.8 Å². The zero-order chi connectivity index (χ0) is 31.9. The highest BCUT2D eigenvalue weighted by atomic mass is 19.4. The number of aromatic nitrogens is 2. The summed E-state index contributed by atoms with van der Waals surface area (Å²) in [6.07, 6.45) is -6.03. The Morgan fingerprint density at radius 2 is 1.66 bits per heavy atom. The first kappa shape index (κ1) is 31.9. The largest absolute Gasteiger partial charge is 0.494 e. The maximum Gasteiger partial charge on any atom is 0.490 e. The number of nitrogens with zero attached hydrogens (tertiary/aromatic N) is 3. The topological polar surface area (TPSA) is 122 Å². The highest BCUT2D eigenvalue weighted by molar-refractivity contribution is 5.79. The molecule has 44 heavy (non-hydrogen) atoms. The zero-order valence-electron chi connectivity index (χ0n) is 22.9. The molecule has 1 saturated heterocycles. The fourth-order valence-corrected chi connectivity index (χ4v) is 4.07. The number of hydrogen-bond donors (Lipinski definition) is 3. The Kier molecular flexibility index (Phi) is 9.83. The van der Waals surface area contributed by atoms with Crippen LogP contribution in [0.2, 0.25) is 0 Å². The molecule has 0 atom stereocenters. The van der Waals surface area contributed by atoms with Gasteiger partial charge in [0.2, 0.25) is 5.89 Å². The van der Waals surface area contributed by atoms with Gasteiger partial charge in [-0.2, -0.15) is 26.3 Å². The Labute approximate surface area is 246 Å². The Balaban J connectivity index is 0.000000566.